The summed E-state index contributed by atoms with van der Waals surface area (Å²) in [5.74, 6) is 0.747. The molecule has 0 unspecified atom stereocenters. The maximum absolute atomic E-state index is 12.8. The molecule has 0 radical (unpaired) electrons. The van der Waals surface area contributed by atoms with E-state index in [1.165, 1.54) is 19.4 Å². The van der Waals surface area contributed by atoms with Gasteiger partial charge in [0.2, 0.25) is 5.88 Å². The summed E-state index contributed by atoms with van der Waals surface area (Å²) < 4.78 is 40.5. The van der Waals surface area contributed by atoms with Crippen LogP contribution in [0, 0.1) is 5.92 Å². The summed E-state index contributed by atoms with van der Waals surface area (Å²) in [6.07, 6.45) is 3.81. The second-order valence-corrected chi connectivity index (χ2v) is 10.7. The average molecular weight is 446 g/mol. The first-order valence-electron chi connectivity index (χ1n) is 8.97. The molecule has 0 bridgehead atoms. The Bertz CT molecular complexity index is 1120. The van der Waals surface area contributed by atoms with Gasteiger partial charge < -0.3 is 19.4 Å². The van der Waals surface area contributed by atoms with Gasteiger partial charge in [-0.15, -0.1) is 4.09 Å². The van der Waals surface area contributed by atoms with E-state index in [4.69, 9.17) is 14.5 Å². The standard InChI is InChI=1S/C16H23N4O7PS/c1-27-13-9-12-10-17-20(29(2,25)26)16(21)14(12)15(18-13)19-6-3-11(4-7-19)5-8-28(22,23)24/h9-11H,3-8H2,1-2H3,(H2,22,23,24). The first-order chi connectivity index (χ1) is 13.5. The zero-order chi connectivity index (χ0) is 21.4. The molecule has 2 aromatic rings. The minimum Gasteiger partial charge on any atom is -0.481 e. The molecule has 2 N–H and O–H groups in total. The van der Waals surface area contributed by atoms with Crippen molar-refractivity contribution in [1.29, 1.82) is 0 Å². The first kappa shape index (κ1) is 21.7. The lowest BCUT2D eigenvalue weighted by Crippen LogP contribution is -2.36. The fraction of sp³-hybridized carbons (Fsp3) is 0.562. The smallest absolute Gasteiger partial charge is 0.325 e. The molecule has 2 aromatic heterocycles. The molecule has 1 fully saturated rings. The van der Waals surface area contributed by atoms with E-state index in [2.05, 4.69) is 10.1 Å². The molecule has 0 aromatic carbocycles. The van der Waals surface area contributed by atoms with Crippen molar-refractivity contribution in [3.05, 3.63) is 22.6 Å². The highest BCUT2D eigenvalue weighted by atomic mass is 32.2. The Morgan fingerprint density at radius 3 is 2.52 bits per heavy atom. The highest BCUT2D eigenvalue weighted by Gasteiger charge is 2.26. The summed E-state index contributed by atoms with van der Waals surface area (Å²) >= 11 is 0. The molecule has 3 heterocycles. The molecule has 13 heteroatoms. The van der Waals surface area contributed by atoms with Gasteiger partial charge in [0.15, 0.2) is 0 Å². The van der Waals surface area contributed by atoms with E-state index in [-0.39, 0.29) is 23.3 Å². The van der Waals surface area contributed by atoms with E-state index in [1.54, 1.807) is 0 Å². The average Bonchev–Trinajstić information content (AvgIpc) is 2.64. The van der Waals surface area contributed by atoms with Crippen LogP contribution in [-0.4, -0.2) is 65.0 Å². The molecule has 1 aliphatic heterocycles. The Kier molecular flexibility index (Phi) is 6.00. The van der Waals surface area contributed by atoms with Crippen molar-refractivity contribution in [2.24, 2.45) is 5.92 Å². The molecule has 160 valence electrons. The maximum atomic E-state index is 12.8. The number of fused-ring (bicyclic) bond motifs is 1. The summed E-state index contributed by atoms with van der Waals surface area (Å²) in [6, 6.07) is 1.52. The van der Waals surface area contributed by atoms with E-state index in [0.29, 0.717) is 47.6 Å². The predicted molar refractivity (Wildman–Crippen MR) is 107 cm³/mol. The third-order valence-corrected chi connectivity index (χ3v) is 6.69. The third-order valence-electron chi connectivity index (χ3n) is 4.96. The van der Waals surface area contributed by atoms with Gasteiger partial charge in [-0.05, 0) is 25.2 Å². The van der Waals surface area contributed by atoms with Crippen LogP contribution in [0.5, 0.6) is 5.88 Å². The van der Waals surface area contributed by atoms with Gasteiger partial charge in [-0.2, -0.15) is 10.1 Å². The molecule has 0 amide bonds. The van der Waals surface area contributed by atoms with Crippen molar-refractivity contribution in [2.75, 3.05) is 37.5 Å². The van der Waals surface area contributed by atoms with Gasteiger partial charge in [0.05, 0.1) is 31.1 Å². The largest absolute Gasteiger partial charge is 0.481 e. The number of hydrogen-bond donors (Lipinski definition) is 2. The lowest BCUT2D eigenvalue weighted by atomic mass is 9.94. The van der Waals surface area contributed by atoms with Crippen molar-refractivity contribution in [3.63, 3.8) is 0 Å². The summed E-state index contributed by atoms with van der Waals surface area (Å²) in [7, 11) is -6.46. The monoisotopic (exact) mass is 446 g/mol. The normalized spacial score (nSPS) is 16.3. The molecule has 1 saturated heterocycles. The molecule has 0 aliphatic carbocycles. The van der Waals surface area contributed by atoms with Crippen LogP contribution in [0.3, 0.4) is 0 Å². The number of methoxy groups -OCH3 is 1. The molecule has 3 rings (SSSR count). The molecule has 0 atom stereocenters. The van der Waals surface area contributed by atoms with Crippen molar-refractivity contribution in [3.8, 4) is 5.88 Å². The molecular weight excluding hydrogens is 423 g/mol. The summed E-state index contributed by atoms with van der Waals surface area (Å²) in [5.41, 5.74) is -0.779. The van der Waals surface area contributed by atoms with Crippen LogP contribution in [0.2, 0.25) is 0 Å². The number of ether oxygens (including phenoxy) is 1. The minimum atomic E-state index is -4.03. The number of rotatable bonds is 6. The van der Waals surface area contributed by atoms with Crippen molar-refractivity contribution >= 4 is 34.2 Å². The van der Waals surface area contributed by atoms with E-state index >= 15 is 0 Å². The number of pyridine rings is 1. The van der Waals surface area contributed by atoms with Crippen LogP contribution in [0.4, 0.5) is 5.82 Å². The van der Waals surface area contributed by atoms with Crippen LogP contribution in [0.1, 0.15) is 19.3 Å². The topological polar surface area (TPSA) is 152 Å². The number of hydrogen-bond acceptors (Lipinski definition) is 8. The predicted octanol–water partition coefficient (Wildman–Crippen LogP) is 0.392. The molecule has 11 nitrogen and oxygen atoms in total. The van der Waals surface area contributed by atoms with Gasteiger partial charge in [0.25, 0.3) is 15.6 Å². The minimum absolute atomic E-state index is 0.139. The summed E-state index contributed by atoms with van der Waals surface area (Å²) in [5, 5.41) is 4.30. The number of anilines is 1. The zero-order valence-corrected chi connectivity index (χ0v) is 17.8. The Morgan fingerprint density at radius 2 is 1.97 bits per heavy atom. The second-order valence-electron chi connectivity index (χ2n) is 7.12. The zero-order valence-electron chi connectivity index (χ0n) is 16.1. The SMILES string of the molecule is COc1cc2cnn(S(C)(=O)=O)c(=O)c2c(N2CCC(CCP(=O)(O)O)CC2)n1. The Morgan fingerprint density at radius 1 is 1.31 bits per heavy atom. The van der Waals surface area contributed by atoms with Gasteiger partial charge in [-0.25, -0.2) is 8.42 Å². The van der Waals surface area contributed by atoms with Crippen LogP contribution in [-0.2, 0) is 14.6 Å². The highest BCUT2D eigenvalue weighted by Crippen LogP contribution is 2.38. The fourth-order valence-corrected chi connectivity index (χ4v) is 4.78. The number of piperidine rings is 1. The second kappa shape index (κ2) is 8.02. The number of nitrogens with zero attached hydrogens (tertiary/aromatic N) is 4. The Balaban J connectivity index is 1.96. The first-order valence-corrected chi connectivity index (χ1v) is 12.6. The molecular formula is C16H23N4O7PS. The van der Waals surface area contributed by atoms with Crippen molar-refractivity contribution in [1.82, 2.24) is 14.2 Å². The van der Waals surface area contributed by atoms with E-state index in [9.17, 15) is 17.8 Å². The Labute approximate surface area is 167 Å². The lowest BCUT2D eigenvalue weighted by molar-refractivity contribution is 0.349. The molecule has 29 heavy (non-hydrogen) atoms. The molecule has 0 saturated carbocycles. The lowest BCUT2D eigenvalue weighted by Gasteiger charge is -2.33. The van der Waals surface area contributed by atoms with E-state index in [0.717, 1.165) is 6.26 Å². The maximum Gasteiger partial charge on any atom is 0.325 e. The highest BCUT2D eigenvalue weighted by molar-refractivity contribution is 7.89. The quantitative estimate of drug-likeness (QED) is 0.596. The van der Waals surface area contributed by atoms with Crippen LogP contribution in [0.25, 0.3) is 10.8 Å². The van der Waals surface area contributed by atoms with Gasteiger partial charge in [0, 0.05) is 24.5 Å². The number of aromatic nitrogens is 3. The van der Waals surface area contributed by atoms with E-state index in [1.807, 2.05) is 4.90 Å². The van der Waals surface area contributed by atoms with Gasteiger partial charge in [0.1, 0.15) is 5.82 Å². The van der Waals surface area contributed by atoms with Crippen molar-refractivity contribution in [2.45, 2.75) is 19.3 Å². The fourth-order valence-electron chi connectivity index (χ4n) is 3.46. The molecule has 0 spiro atoms. The van der Waals surface area contributed by atoms with E-state index < -0.39 is 23.2 Å². The third kappa shape index (κ3) is 4.95. The van der Waals surface area contributed by atoms with Crippen molar-refractivity contribution < 1.29 is 27.5 Å². The van der Waals surface area contributed by atoms with Crippen LogP contribution >= 0.6 is 7.60 Å². The van der Waals surface area contributed by atoms with Gasteiger partial charge >= 0.3 is 7.60 Å². The van der Waals surface area contributed by atoms with Gasteiger partial charge in [-0.3, -0.25) is 9.36 Å². The van der Waals surface area contributed by atoms with Gasteiger partial charge in [-0.1, -0.05) is 0 Å². The van der Waals surface area contributed by atoms with Crippen LogP contribution in [0.15, 0.2) is 17.1 Å². The van der Waals surface area contributed by atoms with Crippen LogP contribution < -0.4 is 15.2 Å². The summed E-state index contributed by atoms with van der Waals surface area (Å²) in [6.45, 7) is 1.03. The summed E-state index contributed by atoms with van der Waals surface area (Å²) in [4.78, 5) is 37.2. The molecule has 1 aliphatic rings. The Hall–Kier alpha value is -2.01.